The van der Waals surface area contributed by atoms with Crippen molar-refractivity contribution in [3.8, 4) is 0 Å². The molecule has 23 heavy (non-hydrogen) atoms. The van der Waals surface area contributed by atoms with Crippen LogP contribution >= 0.6 is 0 Å². The highest BCUT2D eigenvalue weighted by molar-refractivity contribution is 7.71. The summed E-state index contributed by atoms with van der Waals surface area (Å²) in [4.78, 5) is 12.6. The van der Waals surface area contributed by atoms with Gasteiger partial charge in [-0.25, -0.2) is 8.42 Å². The van der Waals surface area contributed by atoms with E-state index in [0.717, 1.165) is 5.56 Å². The Kier molecular flexibility index (Phi) is 3.81. The molecule has 0 aliphatic carbocycles. The van der Waals surface area contributed by atoms with Crippen LogP contribution in [0.25, 0.3) is 11.3 Å². The van der Waals surface area contributed by atoms with Crippen LogP contribution in [0.15, 0.2) is 36.7 Å². The lowest BCUT2D eigenvalue weighted by atomic mass is 9.94. The number of benzene rings is 1. The van der Waals surface area contributed by atoms with E-state index in [-0.39, 0.29) is 11.5 Å². The van der Waals surface area contributed by atoms with Gasteiger partial charge in [0.05, 0.1) is 17.5 Å². The molecule has 0 fully saturated rings. The molecule has 1 aromatic carbocycles. The fraction of sp³-hybridized carbons (Fsp3) is 0.250. The second-order valence-corrected chi connectivity index (χ2v) is 6.80. The van der Waals surface area contributed by atoms with Crippen molar-refractivity contribution in [2.24, 2.45) is 0 Å². The van der Waals surface area contributed by atoms with Crippen LogP contribution in [0.4, 0.5) is 0 Å². The second-order valence-electron chi connectivity index (χ2n) is 5.82. The molecule has 1 N–H and O–H groups in total. The van der Waals surface area contributed by atoms with E-state index >= 15 is 0 Å². The number of aromatic amines is 1. The fourth-order valence-corrected chi connectivity index (χ4v) is 3.03. The van der Waals surface area contributed by atoms with Gasteiger partial charge in [0, 0.05) is 17.3 Å². The summed E-state index contributed by atoms with van der Waals surface area (Å²) in [5, 5.41) is 6.59. The van der Waals surface area contributed by atoms with Gasteiger partial charge in [0.2, 0.25) is 5.78 Å². The summed E-state index contributed by atoms with van der Waals surface area (Å²) >= 11 is 0. The number of hydrogen-bond donors (Lipinski definition) is 2. The molecular formula is C16H16N2O4S. The molecule has 0 saturated carbocycles. The van der Waals surface area contributed by atoms with E-state index in [1.807, 2.05) is 0 Å². The second kappa shape index (κ2) is 5.66. The number of thiol groups is 1. The highest BCUT2D eigenvalue weighted by Crippen LogP contribution is 2.40. The first-order chi connectivity index (χ1) is 10.9. The largest absolute Gasteiger partial charge is 0.478 e. The Morgan fingerprint density at radius 2 is 1.87 bits per heavy atom. The van der Waals surface area contributed by atoms with Crippen molar-refractivity contribution < 1.29 is 17.9 Å². The van der Waals surface area contributed by atoms with E-state index < -0.39 is 16.3 Å². The van der Waals surface area contributed by atoms with Gasteiger partial charge in [0.15, 0.2) is 5.60 Å². The lowest BCUT2D eigenvalue weighted by Gasteiger charge is -2.17. The molecule has 120 valence electrons. The molecule has 3 rings (SSSR count). The summed E-state index contributed by atoms with van der Waals surface area (Å²) in [6.45, 7) is 3.44. The minimum Gasteiger partial charge on any atom is -0.478 e. The van der Waals surface area contributed by atoms with E-state index in [1.165, 1.54) is 0 Å². The van der Waals surface area contributed by atoms with Crippen LogP contribution in [-0.4, -0.2) is 30.0 Å². The number of ether oxygens (including phenoxy) is 1. The van der Waals surface area contributed by atoms with Crippen molar-refractivity contribution in [1.29, 1.82) is 0 Å². The van der Waals surface area contributed by atoms with E-state index in [1.54, 1.807) is 50.5 Å². The average molecular weight is 332 g/mol. The molecule has 0 bridgehead atoms. The van der Waals surface area contributed by atoms with Crippen LogP contribution in [-0.2, 0) is 26.0 Å². The molecule has 0 unspecified atom stereocenters. The van der Waals surface area contributed by atoms with Crippen molar-refractivity contribution in [2.45, 2.75) is 25.2 Å². The van der Waals surface area contributed by atoms with Crippen LogP contribution in [0.1, 0.15) is 30.5 Å². The minimum absolute atomic E-state index is 0.00543. The number of carbonyl (C=O) groups excluding carboxylic acids is 1. The Labute approximate surface area is 135 Å². The van der Waals surface area contributed by atoms with Gasteiger partial charge in [-0.15, -0.1) is 0 Å². The number of H-pyrrole nitrogens is 1. The van der Waals surface area contributed by atoms with Crippen LogP contribution in [0.3, 0.4) is 0 Å². The molecule has 6 nitrogen and oxygen atoms in total. The normalized spacial score (nSPS) is 16.9. The zero-order valence-electron chi connectivity index (χ0n) is 12.7. The number of rotatable bonds is 4. The summed E-state index contributed by atoms with van der Waals surface area (Å²) in [5.74, 6) is 0.370. The number of hydrogen-bond acceptors (Lipinski definition) is 5. The predicted octanol–water partition coefficient (Wildman–Crippen LogP) is 1.77. The fourth-order valence-electron chi connectivity index (χ4n) is 2.52. The van der Waals surface area contributed by atoms with Gasteiger partial charge in [-0.2, -0.15) is 5.10 Å². The van der Waals surface area contributed by atoms with Gasteiger partial charge in [0.25, 0.3) is 0 Å². The van der Waals surface area contributed by atoms with Crippen molar-refractivity contribution in [3.05, 3.63) is 53.3 Å². The van der Waals surface area contributed by atoms with Crippen molar-refractivity contribution in [2.75, 3.05) is 0 Å². The number of ketones is 1. The van der Waals surface area contributed by atoms with E-state index in [0.29, 0.717) is 22.5 Å². The highest BCUT2D eigenvalue weighted by atomic mass is 32.2. The zero-order valence-corrected chi connectivity index (χ0v) is 13.6. The standard InChI is InChI=1S/C16H16N2O4S/c1-16(2)15(19)13(12-7-17-18-8-12)14(22-16)11-5-3-10(4-6-11)9-23(20)21/h3-8,23H,9H2,1-2H3,(H,17,18). The third-order valence-electron chi connectivity index (χ3n) is 3.67. The number of nitrogens with zero attached hydrogens (tertiary/aromatic N) is 1. The monoisotopic (exact) mass is 332 g/mol. The molecule has 7 heteroatoms. The van der Waals surface area contributed by atoms with E-state index in [9.17, 15) is 13.2 Å². The van der Waals surface area contributed by atoms with Gasteiger partial charge in [-0.1, -0.05) is 24.3 Å². The molecule has 0 atom stereocenters. The van der Waals surface area contributed by atoms with Gasteiger partial charge in [-0.05, 0) is 19.4 Å². The summed E-state index contributed by atoms with van der Waals surface area (Å²) in [6, 6.07) is 6.97. The zero-order chi connectivity index (χ0) is 16.6. The topological polar surface area (TPSA) is 89.1 Å². The lowest BCUT2D eigenvalue weighted by molar-refractivity contribution is -0.125. The third-order valence-corrected chi connectivity index (χ3v) is 4.30. The molecular weight excluding hydrogens is 316 g/mol. The Balaban J connectivity index is 2.06. The maximum Gasteiger partial charge on any atom is 0.210 e. The Morgan fingerprint density at radius 1 is 1.17 bits per heavy atom. The number of aromatic nitrogens is 2. The predicted molar refractivity (Wildman–Crippen MR) is 86.0 cm³/mol. The van der Waals surface area contributed by atoms with Crippen molar-refractivity contribution in [3.63, 3.8) is 0 Å². The third kappa shape index (κ3) is 2.92. The molecule has 0 radical (unpaired) electrons. The summed E-state index contributed by atoms with van der Waals surface area (Å²) in [6.07, 6.45) is 3.23. The van der Waals surface area contributed by atoms with Crippen molar-refractivity contribution >= 4 is 27.8 Å². The first-order valence-corrected chi connectivity index (χ1v) is 8.43. The molecule has 2 aromatic rings. The maximum absolute atomic E-state index is 12.6. The van der Waals surface area contributed by atoms with Gasteiger partial charge in [0.1, 0.15) is 16.5 Å². The Hall–Kier alpha value is -2.41. The maximum atomic E-state index is 12.6. The highest BCUT2D eigenvalue weighted by Gasteiger charge is 2.43. The molecule has 1 aliphatic heterocycles. The lowest BCUT2D eigenvalue weighted by Crippen LogP contribution is -2.29. The van der Waals surface area contributed by atoms with E-state index in [2.05, 4.69) is 10.2 Å². The Bertz CT molecular complexity index is 839. The SMILES string of the molecule is CC1(C)OC(c2ccc(C[SH](=O)=O)cc2)=C(c2cn[nH]c2)C1=O. The first-order valence-electron chi connectivity index (χ1n) is 7.07. The molecule has 1 aliphatic rings. The van der Waals surface area contributed by atoms with Gasteiger partial charge in [-0.3, -0.25) is 9.89 Å². The molecule has 0 spiro atoms. The van der Waals surface area contributed by atoms with Crippen LogP contribution < -0.4 is 0 Å². The van der Waals surface area contributed by atoms with Crippen molar-refractivity contribution in [1.82, 2.24) is 10.2 Å². The number of Topliss-reactive ketones (excluding diaryl/α,β-unsaturated/α-hetero) is 1. The quantitative estimate of drug-likeness (QED) is 0.833. The summed E-state index contributed by atoms with van der Waals surface area (Å²) in [7, 11) is -2.47. The van der Waals surface area contributed by atoms with Crippen LogP contribution in [0, 0.1) is 0 Å². The smallest absolute Gasteiger partial charge is 0.210 e. The molecule has 0 amide bonds. The average Bonchev–Trinajstić information content (AvgIpc) is 3.07. The number of nitrogens with one attached hydrogen (secondary N) is 1. The Morgan fingerprint density at radius 3 is 2.43 bits per heavy atom. The van der Waals surface area contributed by atoms with Crippen LogP contribution in [0.2, 0.25) is 0 Å². The van der Waals surface area contributed by atoms with Crippen LogP contribution in [0.5, 0.6) is 0 Å². The summed E-state index contributed by atoms with van der Waals surface area (Å²) in [5.41, 5.74) is 1.62. The molecule has 2 heterocycles. The van der Waals surface area contributed by atoms with Gasteiger partial charge < -0.3 is 4.74 Å². The summed E-state index contributed by atoms with van der Waals surface area (Å²) < 4.78 is 27.5. The van der Waals surface area contributed by atoms with Gasteiger partial charge >= 0.3 is 0 Å². The molecule has 1 aromatic heterocycles. The minimum atomic E-state index is -2.47. The molecule has 0 saturated heterocycles. The first kappa shape index (κ1) is 15.5. The number of carbonyl (C=O) groups is 1. The van der Waals surface area contributed by atoms with E-state index in [4.69, 9.17) is 4.74 Å².